The van der Waals surface area contributed by atoms with Crippen molar-refractivity contribution in [3.63, 3.8) is 0 Å². The lowest BCUT2D eigenvalue weighted by Crippen LogP contribution is -2.53. The van der Waals surface area contributed by atoms with Crippen LogP contribution in [0.1, 0.15) is 65.7 Å². The SMILES string of the molecule is Cl.NC1CC2CCCC(C1)C2NC(=O)c1csc2c1CCCC2. The predicted octanol–water partition coefficient (Wildman–Crippen LogP) is 3.68. The van der Waals surface area contributed by atoms with Gasteiger partial charge in [0.15, 0.2) is 0 Å². The maximum atomic E-state index is 12.8. The van der Waals surface area contributed by atoms with Crippen molar-refractivity contribution in [2.45, 2.75) is 69.9 Å². The molecule has 3 N–H and O–H groups in total. The number of carbonyl (C=O) groups excluding carboxylic acids is 1. The number of amides is 1. The number of hydrogen-bond donors (Lipinski definition) is 2. The molecule has 0 aliphatic heterocycles. The van der Waals surface area contributed by atoms with Crippen molar-refractivity contribution >= 4 is 29.7 Å². The van der Waals surface area contributed by atoms with Crippen LogP contribution in [0.5, 0.6) is 0 Å². The highest BCUT2D eigenvalue weighted by Gasteiger charge is 2.40. The minimum Gasteiger partial charge on any atom is -0.349 e. The molecule has 1 heterocycles. The Hall–Kier alpha value is -0.580. The Kier molecular flexibility index (Phi) is 5.34. The zero-order valence-electron chi connectivity index (χ0n) is 13.6. The fraction of sp³-hybridized carbons (Fsp3) is 0.722. The normalized spacial score (nSPS) is 32.6. The van der Waals surface area contributed by atoms with Gasteiger partial charge >= 0.3 is 0 Å². The molecule has 2 atom stereocenters. The van der Waals surface area contributed by atoms with Gasteiger partial charge in [0, 0.05) is 22.3 Å². The summed E-state index contributed by atoms with van der Waals surface area (Å²) in [6, 6.07) is 0.706. The van der Waals surface area contributed by atoms with Crippen LogP contribution in [0.2, 0.25) is 0 Å². The molecular formula is C18H27ClN2OS. The third kappa shape index (κ3) is 3.31. The first-order valence-corrected chi connectivity index (χ1v) is 9.76. The molecule has 3 nitrogen and oxygen atoms in total. The van der Waals surface area contributed by atoms with Crippen LogP contribution in [-0.2, 0) is 12.8 Å². The van der Waals surface area contributed by atoms with E-state index < -0.39 is 0 Å². The fourth-order valence-corrected chi connectivity index (χ4v) is 6.06. The lowest BCUT2D eigenvalue weighted by Gasteiger charge is -2.45. The van der Waals surface area contributed by atoms with Gasteiger partial charge in [-0.15, -0.1) is 23.7 Å². The Bertz CT molecular complexity index is 559. The molecule has 0 spiro atoms. The second-order valence-electron chi connectivity index (χ2n) is 7.44. The van der Waals surface area contributed by atoms with E-state index >= 15 is 0 Å². The van der Waals surface area contributed by atoms with Gasteiger partial charge in [0.1, 0.15) is 0 Å². The first-order chi connectivity index (χ1) is 10.7. The number of rotatable bonds is 2. The van der Waals surface area contributed by atoms with Gasteiger partial charge < -0.3 is 11.1 Å². The highest BCUT2D eigenvalue weighted by molar-refractivity contribution is 7.10. The summed E-state index contributed by atoms with van der Waals surface area (Å²) in [4.78, 5) is 14.3. The first-order valence-electron chi connectivity index (χ1n) is 8.88. The summed E-state index contributed by atoms with van der Waals surface area (Å²) in [6.45, 7) is 0. The molecule has 3 aliphatic carbocycles. The maximum Gasteiger partial charge on any atom is 0.252 e. The molecule has 1 aromatic heterocycles. The summed E-state index contributed by atoms with van der Waals surface area (Å²) < 4.78 is 0. The van der Waals surface area contributed by atoms with Crippen molar-refractivity contribution in [2.75, 3.05) is 0 Å². The lowest BCUT2D eigenvalue weighted by molar-refractivity contribution is 0.0755. The molecule has 2 saturated carbocycles. The molecule has 2 unspecified atom stereocenters. The Morgan fingerprint density at radius 1 is 1.13 bits per heavy atom. The maximum absolute atomic E-state index is 12.8. The Morgan fingerprint density at radius 3 is 2.57 bits per heavy atom. The zero-order valence-corrected chi connectivity index (χ0v) is 15.2. The van der Waals surface area contributed by atoms with Gasteiger partial charge in [-0.1, -0.05) is 6.42 Å². The largest absolute Gasteiger partial charge is 0.349 e. The fourth-order valence-electron chi connectivity index (χ4n) is 4.94. The van der Waals surface area contributed by atoms with Crippen molar-refractivity contribution < 1.29 is 4.79 Å². The van der Waals surface area contributed by atoms with Crippen LogP contribution in [0.15, 0.2) is 5.38 Å². The molecule has 4 rings (SSSR count). The number of hydrogen-bond acceptors (Lipinski definition) is 3. The molecule has 2 bridgehead atoms. The molecule has 128 valence electrons. The number of aryl methyl sites for hydroxylation is 1. The molecule has 0 aromatic carbocycles. The summed E-state index contributed by atoms with van der Waals surface area (Å²) in [5, 5.41) is 5.50. The molecule has 0 radical (unpaired) electrons. The number of halogens is 1. The number of nitrogens with one attached hydrogen (secondary N) is 1. The average Bonchev–Trinajstić information content (AvgIpc) is 2.92. The Labute approximate surface area is 148 Å². The van der Waals surface area contributed by atoms with Crippen LogP contribution in [-0.4, -0.2) is 18.0 Å². The second-order valence-corrected chi connectivity index (χ2v) is 8.40. The number of fused-ring (bicyclic) bond motifs is 3. The summed E-state index contributed by atoms with van der Waals surface area (Å²) in [6.07, 6.45) is 10.7. The Balaban J connectivity index is 0.00000156. The molecular weight excluding hydrogens is 328 g/mol. The number of nitrogens with two attached hydrogens (primary N) is 1. The number of thiophene rings is 1. The van der Waals surface area contributed by atoms with E-state index in [0.29, 0.717) is 23.9 Å². The van der Waals surface area contributed by atoms with E-state index in [4.69, 9.17) is 5.73 Å². The van der Waals surface area contributed by atoms with E-state index in [1.54, 1.807) is 11.3 Å². The van der Waals surface area contributed by atoms with Gasteiger partial charge in [-0.05, 0) is 68.8 Å². The van der Waals surface area contributed by atoms with Gasteiger partial charge in [-0.25, -0.2) is 0 Å². The third-order valence-electron chi connectivity index (χ3n) is 5.98. The van der Waals surface area contributed by atoms with Crippen LogP contribution in [0.25, 0.3) is 0 Å². The Morgan fingerprint density at radius 2 is 1.83 bits per heavy atom. The lowest BCUT2D eigenvalue weighted by atomic mass is 9.67. The van der Waals surface area contributed by atoms with Crippen molar-refractivity contribution in [1.82, 2.24) is 5.32 Å². The molecule has 3 aliphatic rings. The van der Waals surface area contributed by atoms with Crippen LogP contribution in [0, 0.1) is 11.8 Å². The van der Waals surface area contributed by atoms with Crippen molar-refractivity contribution in [3.05, 3.63) is 21.4 Å². The summed E-state index contributed by atoms with van der Waals surface area (Å²) in [5.74, 6) is 1.37. The smallest absolute Gasteiger partial charge is 0.252 e. The van der Waals surface area contributed by atoms with Gasteiger partial charge in [-0.2, -0.15) is 0 Å². The molecule has 2 fully saturated rings. The molecule has 1 aromatic rings. The summed E-state index contributed by atoms with van der Waals surface area (Å²) in [7, 11) is 0. The second kappa shape index (κ2) is 7.12. The van der Waals surface area contributed by atoms with Crippen LogP contribution < -0.4 is 11.1 Å². The first kappa shape index (κ1) is 17.2. The highest BCUT2D eigenvalue weighted by Crippen LogP contribution is 2.40. The van der Waals surface area contributed by atoms with Gasteiger partial charge in [-0.3, -0.25) is 4.79 Å². The van der Waals surface area contributed by atoms with Crippen LogP contribution in [0.3, 0.4) is 0 Å². The number of carbonyl (C=O) groups is 1. The van der Waals surface area contributed by atoms with Crippen LogP contribution >= 0.6 is 23.7 Å². The molecule has 1 amide bonds. The monoisotopic (exact) mass is 354 g/mol. The predicted molar refractivity (Wildman–Crippen MR) is 97.5 cm³/mol. The van der Waals surface area contributed by atoms with Gasteiger partial charge in [0.25, 0.3) is 5.91 Å². The van der Waals surface area contributed by atoms with Crippen molar-refractivity contribution in [1.29, 1.82) is 0 Å². The minimum atomic E-state index is 0. The summed E-state index contributed by atoms with van der Waals surface area (Å²) in [5.41, 5.74) is 8.50. The molecule has 23 heavy (non-hydrogen) atoms. The third-order valence-corrected chi connectivity index (χ3v) is 7.07. The highest BCUT2D eigenvalue weighted by atomic mass is 35.5. The van der Waals surface area contributed by atoms with E-state index in [0.717, 1.165) is 31.2 Å². The quantitative estimate of drug-likeness (QED) is 0.851. The topological polar surface area (TPSA) is 55.1 Å². The molecule has 5 heteroatoms. The van der Waals surface area contributed by atoms with Crippen molar-refractivity contribution in [2.24, 2.45) is 17.6 Å². The van der Waals surface area contributed by atoms with E-state index in [-0.39, 0.29) is 18.3 Å². The van der Waals surface area contributed by atoms with Crippen molar-refractivity contribution in [3.8, 4) is 0 Å². The van der Waals surface area contributed by atoms with E-state index in [1.807, 2.05) is 0 Å². The minimum absolute atomic E-state index is 0. The summed E-state index contributed by atoms with van der Waals surface area (Å²) >= 11 is 1.78. The average molecular weight is 355 g/mol. The van der Waals surface area contributed by atoms with E-state index in [9.17, 15) is 4.79 Å². The zero-order chi connectivity index (χ0) is 15.1. The van der Waals surface area contributed by atoms with Crippen LogP contribution in [0.4, 0.5) is 0 Å². The van der Waals surface area contributed by atoms with Gasteiger partial charge in [0.05, 0.1) is 5.56 Å². The van der Waals surface area contributed by atoms with Gasteiger partial charge in [0.2, 0.25) is 0 Å². The van der Waals surface area contributed by atoms with E-state index in [2.05, 4.69) is 10.7 Å². The molecule has 0 saturated heterocycles. The van der Waals surface area contributed by atoms with E-state index in [1.165, 1.54) is 42.5 Å². The standard InChI is InChI=1S/C18H26N2OS.ClH/c19-13-8-11-4-3-5-12(9-13)17(11)20-18(21)15-10-22-16-7-2-1-6-14(15)16;/h10-13,17H,1-9,19H2,(H,20,21);1H.